The molecule has 0 amide bonds. The maximum atomic E-state index is 13.7. The Morgan fingerprint density at radius 2 is 2.06 bits per heavy atom. The van der Waals surface area contributed by atoms with Crippen LogP contribution in [0.4, 0.5) is 21.5 Å². The molecule has 1 rings (SSSR count). The average molecular weight is 244 g/mol. The summed E-state index contributed by atoms with van der Waals surface area (Å²) in [6.45, 7) is 4.40. The fourth-order valence-electron chi connectivity index (χ4n) is 1.20. The first-order chi connectivity index (χ1) is 7.43. The Kier molecular flexibility index (Phi) is 4.01. The van der Waals surface area contributed by atoms with Crippen molar-refractivity contribution in [2.24, 2.45) is 0 Å². The highest BCUT2D eigenvalue weighted by Crippen LogP contribution is 2.33. The molecule has 0 radical (unpaired) electrons. The van der Waals surface area contributed by atoms with E-state index >= 15 is 0 Å². The summed E-state index contributed by atoms with van der Waals surface area (Å²) in [4.78, 5) is 0. The number of benzene rings is 1. The highest BCUT2D eigenvalue weighted by Gasteiger charge is 2.13. The van der Waals surface area contributed by atoms with Crippen LogP contribution in [-0.2, 0) is 0 Å². The molecule has 1 aromatic rings. The summed E-state index contributed by atoms with van der Waals surface area (Å²) in [6.07, 6.45) is 1.92. The van der Waals surface area contributed by atoms with Crippen molar-refractivity contribution in [2.45, 2.75) is 13.8 Å². The van der Waals surface area contributed by atoms with Gasteiger partial charge in [-0.15, -0.1) is 0 Å². The van der Waals surface area contributed by atoms with E-state index in [2.05, 4.69) is 5.32 Å². The molecule has 0 saturated heterocycles. The smallest absolute Gasteiger partial charge is 0.169 e. The SMILES string of the molecule is CC(C)=CCNc1c(N)cc(N)c(Cl)c1F. The van der Waals surface area contributed by atoms with Crippen molar-refractivity contribution in [1.82, 2.24) is 0 Å². The van der Waals surface area contributed by atoms with Crippen LogP contribution in [-0.4, -0.2) is 6.54 Å². The first-order valence-electron chi connectivity index (χ1n) is 4.83. The van der Waals surface area contributed by atoms with Crippen LogP contribution in [0.5, 0.6) is 0 Å². The first-order valence-corrected chi connectivity index (χ1v) is 5.21. The molecule has 16 heavy (non-hydrogen) atoms. The van der Waals surface area contributed by atoms with Gasteiger partial charge in [0.05, 0.1) is 17.1 Å². The molecule has 0 aromatic heterocycles. The molecule has 0 atom stereocenters. The van der Waals surface area contributed by atoms with Crippen molar-refractivity contribution in [3.8, 4) is 0 Å². The summed E-state index contributed by atoms with van der Waals surface area (Å²) in [5.74, 6) is -0.610. The molecule has 1 aromatic carbocycles. The molecule has 0 spiro atoms. The molecule has 3 nitrogen and oxygen atoms in total. The Morgan fingerprint density at radius 3 is 2.62 bits per heavy atom. The second-order valence-corrected chi connectivity index (χ2v) is 4.10. The molecule has 5 N–H and O–H groups in total. The highest BCUT2D eigenvalue weighted by molar-refractivity contribution is 6.33. The van der Waals surface area contributed by atoms with E-state index in [9.17, 15) is 4.39 Å². The van der Waals surface area contributed by atoms with Gasteiger partial charge in [-0.3, -0.25) is 0 Å². The number of halogens is 2. The molecule has 0 aliphatic heterocycles. The third-order valence-corrected chi connectivity index (χ3v) is 2.44. The molecule has 0 aliphatic rings. The lowest BCUT2D eigenvalue weighted by Crippen LogP contribution is -2.06. The van der Waals surface area contributed by atoms with Gasteiger partial charge < -0.3 is 16.8 Å². The van der Waals surface area contributed by atoms with Gasteiger partial charge in [0.2, 0.25) is 0 Å². The van der Waals surface area contributed by atoms with Crippen LogP contribution in [0, 0.1) is 5.82 Å². The first kappa shape index (κ1) is 12.6. The Balaban J connectivity index is 2.96. The van der Waals surface area contributed by atoms with Crippen molar-refractivity contribution in [2.75, 3.05) is 23.3 Å². The maximum Gasteiger partial charge on any atom is 0.169 e. The van der Waals surface area contributed by atoms with Crippen LogP contribution in [0.3, 0.4) is 0 Å². The zero-order valence-corrected chi connectivity index (χ0v) is 10.0. The number of hydrogen-bond acceptors (Lipinski definition) is 3. The monoisotopic (exact) mass is 243 g/mol. The third-order valence-electron chi connectivity index (χ3n) is 2.05. The van der Waals surface area contributed by atoms with Gasteiger partial charge >= 0.3 is 0 Å². The number of anilines is 3. The highest BCUT2D eigenvalue weighted by atomic mass is 35.5. The van der Waals surface area contributed by atoms with E-state index in [1.807, 2.05) is 19.9 Å². The van der Waals surface area contributed by atoms with Crippen molar-refractivity contribution >= 4 is 28.7 Å². The normalized spacial score (nSPS) is 10.0. The largest absolute Gasteiger partial charge is 0.397 e. The summed E-state index contributed by atoms with van der Waals surface area (Å²) < 4.78 is 13.7. The van der Waals surface area contributed by atoms with E-state index in [-0.39, 0.29) is 22.1 Å². The van der Waals surface area contributed by atoms with E-state index in [0.717, 1.165) is 5.57 Å². The van der Waals surface area contributed by atoms with Gasteiger partial charge in [0, 0.05) is 6.54 Å². The lowest BCUT2D eigenvalue weighted by molar-refractivity contribution is 0.632. The van der Waals surface area contributed by atoms with Gasteiger partial charge in [0.25, 0.3) is 0 Å². The second kappa shape index (κ2) is 5.07. The predicted molar refractivity (Wildman–Crippen MR) is 68.2 cm³/mol. The zero-order valence-electron chi connectivity index (χ0n) is 9.27. The van der Waals surface area contributed by atoms with Crippen LogP contribution >= 0.6 is 11.6 Å². The molecule has 0 aliphatic carbocycles. The van der Waals surface area contributed by atoms with Crippen molar-refractivity contribution < 1.29 is 4.39 Å². The molecule has 88 valence electrons. The van der Waals surface area contributed by atoms with Crippen LogP contribution in [0.1, 0.15) is 13.8 Å². The lowest BCUT2D eigenvalue weighted by Gasteiger charge is -2.11. The molecular weight excluding hydrogens is 229 g/mol. The van der Waals surface area contributed by atoms with Gasteiger partial charge in [-0.05, 0) is 19.9 Å². The van der Waals surface area contributed by atoms with E-state index < -0.39 is 5.82 Å². The number of nitrogen functional groups attached to an aromatic ring is 2. The van der Waals surface area contributed by atoms with Crippen LogP contribution in [0.2, 0.25) is 5.02 Å². The molecule has 0 heterocycles. The number of nitrogens with one attached hydrogen (secondary N) is 1. The molecule has 0 saturated carbocycles. The fourth-order valence-corrected chi connectivity index (χ4v) is 1.35. The van der Waals surface area contributed by atoms with E-state index in [4.69, 9.17) is 23.1 Å². The minimum Gasteiger partial charge on any atom is -0.397 e. The Hall–Kier alpha value is -1.42. The van der Waals surface area contributed by atoms with E-state index in [0.29, 0.717) is 6.54 Å². The fraction of sp³-hybridized carbons (Fsp3) is 0.273. The Morgan fingerprint density at radius 1 is 1.44 bits per heavy atom. The summed E-state index contributed by atoms with van der Waals surface area (Å²) in [5, 5.41) is 2.76. The van der Waals surface area contributed by atoms with Crippen LogP contribution < -0.4 is 16.8 Å². The zero-order chi connectivity index (χ0) is 12.3. The third kappa shape index (κ3) is 2.79. The van der Waals surface area contributed by atoms with Gasteiger partial charge in [0.1, 0.15) is 5.02 Å². The summed E-state index contributed by atoms with van der Waals surface area (Å²) >= 11 is 5.69. The summed E-state index contributed by atoms with van der Waals surface area (Å²) in [6, 6.07) is 1.44. The predicted octanol–water partition coefficient (Wildman–Crippen LogP) is 3.02. The van der Waals surface area contributed by atoms with Gasteiger partial charge in [-0.2, -0.15) is 0 Å². The van der Waals surface area contributed by atoms with E-state index in [1.54, 1.807) is 0 Å². The summed E-state index contributed by atoms with van der Waals surface area (Å²) in [7, 11) is 0. The molecular formula is C11H15ClFN3. The van der Waals surface area contributed by atoms with Gasteiger partial charge in [0.15, 0.2) is 5.82 Å². The molecule has 5 heteroatoms. The van der Waals surface area contributed by atoms with Crippen molar-refractivity contribution in [3.63, 3.8) is 0 Å². The van der Waals surface area contributed by atoms with Crippen LogP contribution in [0.15, 0.2) is 17.7 Å². The lowest BCUT2D eigenvalue weighted by atomic mass is 10.2. The summed E-state index contributed by atoms with van der Waals surface area (Å²) in [5.41, 5.74) is 12.8. The Bertz CT molecular complexity index is 426. The Labute approximate surface area is 99.3 Å². The van der Waals surface area contributed by atoms with E-state index in [1.165, 1.54) is 6.07 Å². The average Bonchev–Trinajstić information content (AvgIpc) is 2.19. The number of rotatable bonds is 3. The molecule has 0 bridgehead atoms. The number of allylic oxidation sites excluding steroid dienone is 1. The minimum absolute atomic E-state index is 0.103. The maximum absolute atomic E-state index is 13.7. The van der Waals surface area contributed by atoms with Crippen LogP contribution in [0.25, 0.3) is 0 Å². The van der Waals surface area contributed by atoms with Gasteiger partial charge in [-0.25, -0.2) is 4.39 Å². The molecule has 0 fully saturated rings. The van der Waals surface area contributed by atoms with Crippen molar-refractivity contribution in [1.29, 1.82) is 0 Å². The van der Waals surface area contributed by atoms with Crippen molar-refractivity contribution in [3.05, 3.63) is 28.6 Å². The quantitative estimate of drug-likeness (QED) is 0.565. The standard InChI is InChI=1S/C11H15ClFN3/c1-6(2)3-4-16-11-8(15)5-7(14)9(12)10(11)13/h3,5,16H,4,14-15H2,1-2H3. The second-order valence-electron chi connectivity index (χ2n) is 3.72. The topological polar surface area (TPSA) is 64.1 Å². The minimum atomic E-state index is -0.610. The number of nitrogens with two attached hydrogens (primary N) is 2. The number of hydrogen-bond donors (Lipinski definition) is 3. The molecule has 0 unspecified atom stereocenters. The van der Waals surface area contributed by atoms with Gasteiger partial charge in [-0.1, -0.05) is 23.3 Å².